The molecule has 0 nitrogen and oxygen atoms in total. The second-order valence-corrected chi connectivity index (χ2v) is 4.67. The molecule has 0 N–H and O–H groups in total. The molecule has 1 aliphatic rings. The van der Waals surface area contributed by atoms with E-state index in [1.54, 1.807) is 22.3 Å². The van der Waals surface area contributed by atoms with Crippen LogP contribution >= 0.6 is 0 Å². The Kier molecular flexibility index (Phi) is 5.05. The molecule has 16 heavy (non-hydrogen) atoms. The number of hydrogen-bond donors (Lipinski definition) is 0. The molecule has 0 saturated heterocycles. The molecule has 0 atom stereocenters. The lowest BCUT2D eigenvalue weighted by molar-refractivity contribution is 0.910. The summed E-state index contributed by atoms with van der Waals surface area (Å²) >= 11 is 0. The first-order valence-electron chi connectivity index (χ1n) is 6.78. The van der Waals surface area contributed by atoms with Crippen LogP contribution in [0.25, 0.3) is 0 Å². The first-order valence-corrected chi connectivity index (χ1v) is 6.78. The molecular weight excluding hydrogens is 192 g/mol. The van der Waals surface area contributed by atoms with Gasteiger partial charge in [0.1, 0.15) is 0 Å². The van der Waals surface area contributed by atoms with Crippen LogP contribution in [-0.2, 0) is 0 Å². The van der Waals surface area contributed by atoms with Crippen molar-refractivity contribution in [3.8, 4) is 0 Å². The van der Waals surface area contributed by atoms with Crippen LogP contribution in [0.2, 0.25) is 0 Å². The summed E-state index contributed by atoms with van der Waals surface area (Å²) in [6.45, 7) is 11.4. The molecule has 0 aromatic heterocycles. The second kappa shape index (κ2) is 6.08. The lowest BCUT2D eigenvalue weighted by Crippen LogP contribution is -1.96. The van der Waals surface area contributed by atoms with E-state index in [4.69, 9.17) is 0 Å². The SMILES string of the molecule is CCC1=C(CC)C(CC)=C(CC)CC(C)=C1. The van der Waals surface area contributed by atoms with E-state index in [0.717, 1.165) is 0 Å². The Balaban J connectivity index is 3.34. The molecule has 0 saturated carbocycles. The predicted octanol–water partition coefficient (Wildman–Crippen LogP) is 5.57. The van der Waals surface area contributed by atoms with Crippen LogP contribution in [0.5, 0.6) is 0 Å². The highest BCUT2D eigenvalue weighted by atomic mass is 14.2. The van der Waals surface area contributed by atoms with Gasteiger partial charge in [-0.25, -0.2) is 0 Å². The average Bonchev–Trinajstić information content (AvgIpc) is 2.43. The van der Waals surface area contributed by atoms with Gasteiger partial charge < -0.3 is 0 Å². The van der Waals surface area contributed by atoms with E-state index in [-0.39, 0.29) is 0 Å². The minimum absolute atomic E-state index is 1.17. The summed E-state index contributed by atoms with van der Waals surface area (Å²) in [5.41, 5.74) is 8.04. The standard InChI is InChI=1S/C16H26/c1-6-13-10-12(5)11-14(7-2)16(9-4)15(13)8-3/h10H,6-9,11H2,1-5H3. The van der Waals surface area contributed by atoms with E-state index < -0.39 is 0 Å². The molecule has 0 heteroatoms. The van der Waals surface area contributed by atoms with Gasteiger partial charge in [-0.05, 0) is 55.7 Å². The van der Waals surface area contributed by atoms with Gasteiger partial charge in [-0.2, -0.15) is 0 Å². The molecule has 0 heterocycles. The number of allylic oxidation sites excluding steroid dienone is 6. The fourth-order valence-corrected chi connectivity index (χ4v) is 2.84. The number of hydrogen-bond acceptors (Lipinski definition) is 0. The van der Waals surface area contributed by atoms with Crippen molar-refractivity contribution in [2.24, 2.45) is 0 Å². The predicted molar refractivity (Wildman–Crippen MR) is 73.6 cm³/mol. The zero-order valence-corrected chi connectivity index (χ0v) is 11.6. The van der Waals surface area contributed by atoms with Gasteiger partial charge in [0, 0.05) is 0 Å². The van der Waals surface area contributed by atoms with Crippen LogP contribution in [0.1, 0.15) is 66.7 Å². The molecule has 0 aliphatic heterocycles. The fourth-order valence-electron chi connectivity index (χ4n) is 2.84. The summed E-state index contributed by atoms with van der Waals surface area (Å²) in [6.07, 6.45) is 8.36. The lowest BCUT2D eigenvalue weighted by atomic mass is 9.90. The quantitative estimate of drug-likeness (QED) is 0.578. The molecule has 0 radical (unpaired) electrons. The molecule has 0 spiro atoms. The monoisotopic (exact) mass is 218 g/mol. The zero-order valence-electron chi connectivity index (χ0n) is 11.6. The summed E-state index contributed by atoms with van der Waals surface area (Å²) in [5.74, 6) is 0. The van der Waals surface area contributed by atoms with E-state index in [1.165, 1.54) is 37.7 Å². The summed E-state index contributed by atoms with van der Waals surface area (Å²) in [7, 11) is 0. The Morgan fingerprint density at radius 1 is 0.875 bits per heavy atom. The first-order chi connectivity index (χ1) is 7.67. The molecule has 0 aromatic carbocycles. The molecule has 0 aromatic rings. The van der Waals surface area contributed by atoms with Gasteiger partial charge in [-0.15, -0.1) is 0 Å². The highest BCUT2D eigenvalue weighted by Crippen LogP contribution is 2.34. The smallest absolute Gasteiger partial charge is 0.0102 e. The normalized spacial score (nSPS) is 17.7. The van der Waals surface area contributed by atoms with Crippen LogP contribution in [0.15, 0.2) is 33.9 Å². The van der Waals surface area contributed by atoms with Crippen LogP contribution < -0.4 is 0 Å². The third kappa shape index (κ3) is 2.66. The molecule has 0 bridgehead atoms. The van der Waals surface area contributed by atoms with Gasteiger partial charge in [-0.3, -0.25) is 0 Å². The zero-order chi connectivity index (χ0) is 12.1. The third-order valence-corrected chi connectivity index (χ3v) is 3.61. The maximum absolute atomic E-state index is 2.43. The van der Waals surface area contributed by atoms with Crippen LogP contribution in [0, 0.1) is 0 Å². The highest BCUT2D eigenvalue weighted by molar-refractivity contribution is 5.47. The average molecular weight is 218 g/mol. The van der Waals surface area contributed by atoms with Crippen molar-refractivity contribution in [2.75, 3.05) is 0 Å². The van der Waals surface area contributed by atoms with Gasteiger partial charge in [0.25, 0.3) is 0 Å². The molecular formula is C16H26. The first kappa shape index (κ1) is 13.3. The Bertz CT molecular complexity index is 337. The van der Waals surface area contributed by atoms with Crippen molar-refractivity contribution in [2.45, 2.75) is 66.7 Å². The Labute approximate surface area is 101 Å². The molecule has 0 amide bonds. The van der Waals surface area contributed by atoms with E-state index >= 15 is 0 Å². The minimum Gasteiger partial charge on any atom is -0.0690 e. The Morgan fingerprint density at radius 2 is 1.50 bits per heavy atom. The van der Waals surface area contributed by atoms with Crippen molar-refractivity contribution in [3.05, 3.63) is 33.9 Å². The van der Waals surface area contributed by atoms with Crippen molar-refractivity contribution in [1.29, 1.82) is 0 Å². The van der Waals surface area contributed by atoms with E-state index in [2.05, 4.69) is 40.7 Å². The van der Waals surface area contributed by atoms with E-state index in [9.17, 15) is 0 Å². The molecule has 0 fully saturated rings. The van der Waals surface area contributed by atoms with Gasteiger partial charge in [0.2, 0.25) is 0 Å². The maximum atomic E-state index is 2.43. The van der Waals surface area contributed by atoms with E-state index in [1.807, 2.05) is 0 Å². The maximum Gasteiger partial charge on any atom is -0.0102 e. The van der Waals surface area contributed by atoms with Gasteiger partial charge in [-0.1, -0.05) is 44.9 Å². The lowest BCUT2D eigenvalue weighted by Gasteiger charge is -2.15. The van der Waals surface area contributed by atoms with Gasteiger partial charge >= 0.3 is 0 Å². The van der Waals surface area contributed by atoms with Gasteiger partial charge in [0.05, 0.1) is 0 Å². The third-order valence-electron chi connectivity index (χ3n) is 3.61. The topological polar surface area (TPSA) is 0 Å². The van der Waals surface area contributed by atoms with Crippen molar-refractivity contribution in [1.82, 2.24) is 0 Å². The summed E-state index contributed by atoms with van der Waals surface area (Å²) in [5, 5.41) is 0. The second-order valence-electron chi connectivity index (χ2n) is 4.67. The molecule has 1 rings (SSSR count). The van der Waals surface area contributed by atoms with E-state index in [0.29, 0.717) is 0 Å². The van der Waals surface area contributed by atoms with Crippen LogP contribution in [-0.4, -0.2) is 0 Å². The highest BCUT2D eigenvalue weighted by Gasteiger charge is 2.14. The Morgan fingerprint density at radius 3 is 1.94 bits per heavy atom. The molecule has 0 unspecified atom stereocenters. The van der Waals surface area contributed by atoms with Crippen LogP contribution in [0.4, 0.5) is 0 Å². The number of rotatable bonds is 4. The van der Waals surface area contributed by atoms with Gasteiger partial charge in [0.15, 0.2) is 0 Å². The Hall–Kier alpha value is -0.780. The molecule has 90 valence electrons. The van der Waals surface area contributed by atoms with Crippen molar-refractivity contribution in [3.63, 3.8) is 0 Å². The minimum atomic E-state index is 1.17. The molecule has 1 aliphatic carbocycles. The van der Waals surface area contributed by atoms with Crippen molar-refractivity contribution >= 4 is 0 Å². The summed E-state index contributed by atoms with van der Waals surface area (Å²) < 4.78 is 0. The largest absolute Gasteiger partial charge is 0.0690 e. The fraction of sp³-hybridized carbons (Fsp3) is 0.625. The summed E-state index contributed by atoms with van der Waals surface area (Å²) in [4.78, 5) is 0. The van der Waals surface area contributed by atoms with Crippen LogP contribution in [0.3, 0.4) is 0 Å². The summed E-state index contributed by atoms with van der Waals surface area (Å²) in [6, 6.07) is 0. The van der Waals surface area contributed by atoms with Crippen molar-refractivity contribution < 1.29 is 0 Å².